The second-order valence-corrected chi connectivity index (χ2v) is 9.96. The highest BCUT2D eigenvalue weighted by Gasteiger charge is 2.17. The first kappa shape index (κ1) is 24.6. The van der Waals surface area contributed by atoms with E-state index in [1.807, 2.05) is 26.0 Å². The second kappa shape index (κ2) is 10.1. The molecule has 0 aliphatic heterocycles. The molecule has 0 radical (unpaired) electrons. The zero-order valence-electron chi connectivity index (χ0n) is 19.3. The fourth-order valence-electron chi connectivity index (χ4n) is 3.69. The summed E-state index contributed by atoms with van der Waals surface area (Å²) in [7, 11) is 0. The molecule has 0 N–H and O–H groups in total. The lowest BCUT2D eigenvalue weighted by Gasteiger charge is -2.15. The maximum atomic E-state index is 13.4. The van der Waals surface area contributed by atoms with Gasteiger partial charge in [0.25, 0.3) is 5.56 Å². The van der Waals surface area contributed by atoms with Crippen LogP contribution in [-0.2, 0) is 0 Å². The van der Waals surface area contributed by atoms with Gasteiger partial charge in [0.05, 0.1) is 32.7 Å². The third kappa shape index (κ3) is 4.78. The summed E-state index contributed by atoms with van der Waals surface area (Å²) in [6.45, 7) is 4.02. The Morgan fingerprint density at radius 3 is 2.75 bits per heavy atom. The van der Waals surface area contributed by atoms with Crippen molar-refractivity contribution >= 4 is 67.2 Å². The lowest BCUT2D eigenvalue weighted by atomic mass is 10.2. The number of nitrogens with zero attached hydrogens (tertiary/aromatic N) is 3. The third-order valence-corrected chi connectivity index (χ3v) is 6.79. The predicted molar refractivity (Wildman–Crippen MR) is 149 cm³/mol. The predicted octanol–water partition coefficient (Wildman–Crippen LogP) is 7.94. The van der Waals surface area contributed by atoms with Crippen molar-refractivity contribution in [2.45, 2.75) is 26.4 Å². The summed E-state index contributed by atoms with van der Waals surface area (Å²) in [6, 6.07) is 17.8. The van der Waals surface area contributed by atoms with Crippen molar-refractivity contribution in [1.29, 1.82) is 0 Å². The molecule has 1 atom stereocenters. The molecule has 0 aliphatic carbocycles. The summed E-state index contributed by atoms with van der Waals surface area (Å²) < 4.78 is 13.8. The van der Waals surface area contributed by atoms with E-state index in [0.29, 0.717) is 48.1 Å². The summed E-state index contributed by atoms with van der Waals surface area (Å²) in [6.07, 6.45) is 2.41. The molecular formula is C27H20BrCl2N3O3. The highest BCUT2D eigenvalue weighted by atomic mass is 79.9. The van der Waals surface area contributed by atoms with E-state index in [1.165, 1.54) is 4.68 Å². The Morgan fingerprint density at radius 2 is 1.97 bits per heavy atom. The number of furan rings is 1. The van der Waals surface area contributed by atoms with Crippen LogP contribution in [0.4, 0.5) is 0 Å². The van der Waals surface area contributed by atoms with Crippen LogP contribution < -0.4 is 10.3 Å². The third-order valence-electron chi connectivity index (χ3n) is 5.69. The topological polar surface area (TPSA) is 69.6 Å². The highest BCUT2D eigenvalue weighted by Crippen LogP contribution is 2.35. The Morgan fingerprint density at radius 1 is 1.17 bits per heavy atom. The monoisotopic (exact) mass is 583 g/mol. The number of ether oxygens (including phenoxy) is 1. The minimum Gasteiger partial charge on any atom is -0.488 e. The number of benzene rings is 3. The molecule has 0 saturated carbocycles. The number of fused-ring (bicyclic) bond motifs is 2. The van der Waals surface area contributed by atoms with Crippen molar-refractivity contribution in [3.63, 3.8) is 0 Å². The first-order valence-corrected chi connectivity index (χ1v) is 12.8. The standard InChI is InChI=1S/C27H20BrCl2N3O3/c1-3-15(2)35-25-20(28)10-16(11-21(25)30)14-31-33-26(32-22-7-5-4-6-19(22)27(33)34)24-13-17-12-18(29)8-9-23(17)36-24/h4-15H,3H2,1-2H3/t15-/m0/s1. The first-order valence-electron chi connectivity index (χ1n) is 11.3. The molecule has 2 aromatic heterocycles. The molecule has 0 bridgehead atoms. The molecule has 0 fully saturated rings. The molecule has 9 heteroatoms. The van der Waals surface area contributed by atoms with Gasteiger partial charge in [-0.05, 0) is 83.4 Å². The SMILES string of the molecule is CC[C@H](C)Oc1c(Cl)cc(C=Nn2c(-c3cc4cc(Cl)ccc4o3)nc3ccccc3c2=O)cc1Br. The number of hydrogen-bond acceptors (Lipinski definition) is 5. The van der Waals surface area contributed by atoms with Gasteiger partial charge in [0.2, 0.25) is 5.82 Å². The molecule has 0 aliphatic rings. The molecule has 0 spiro atoms. The molecular weight excluding hydrogens is 565 g/mol. The molecule has 182 valence electrons. The van der Waals surface area contributed by atoms with Gasteiger partial charge in [-0.15, -0.1) is 0 Å². The fraction of sp³-hybridized carbons (Fsp3) is 0.148. The second-order valence-electron chi connectivity index (χ2n) is 8.26. The van der Waals surface area contributed by atoms with Crippen molar-refractivity contribution in [2.24, 2.45) is 5.10 Å². The van der Waals surface area contributed by atoms with Gasteiger partial charge in [-0.3, -0.25) is 4.79 Å². The quantitative estimate of drug-likeness (QED) is 0.190. The average molecular weight is 585 g/mol. The van der Waals surface area contributed by atoms with Crippen molar-refractivity contribution < 1.29 is 9.15 Å². The molecule has 6 nitrogen and oxygen atoms in total. The largest absolute Gasteiger partial charge is 0.488 e. The van der Waals surface area contributed by atoms with Crippen LogP contribution in [-0.4, -0.2) is 22.0 Å². The number of para-hydroxylation sites is 1. The van der Waals surface area contributed by atoms with Crippen molar-refractivity contribution in [3.05, 3.63) is 91.1 Å². The van der Waals surface area contributed by atoms with E-state index in [1.54, 1.807) is 54.7 Å². The molecule has 5 rings (SSSR count). The van der Waals surface area contributed by atoms with Crippen LogP contribution in [0, 0.1) is 0 Å². The van der Waals surface area contributed by atoms with Gasteiger partial charge in [0.15, 0.2) is 11.5 Å². The summed E-state index contributed by atoms with van der Waals surface area (Å²) in [4.78, 5) is 18.1. The molecule has 36 heavy (non-hydrogen) atoms. The molecule has 5 aromatic rings. The number of hydrogen-bond donors (Lipinski definition) is 0. The van der Waals surface area contributed by atoms with Gasteiger partial charge in [-0.25, -0.2) is 4.98 Å². The van der Waals surface area contributed by atoms with Crippen molar-refractivity contribution in [1.82, 2.24) is 9.66 Å². The fourth-order valence-corrected chi connectivity index (χ4v) is 4.83. The summed E-state index contributed by atoms with van der Waals surface area (Å²) in [5.74, 6) is 1.22. The summed E-state index contributed by atoms with van der Waals surface area (Å²) >= 11 is 16.2. The zero-order chi connectivity index (χ0) is 25.4. The Labute approximate surface area is 225 Å². The Kier molecular flexibility index (Phi) is 6.88. The molecule has 2 heterocycles. The van der Waals surface area contributed by atoms with E-state index in [9.17, 15) is 4.79 Å². The maximum absolute atomic E-state index is 13.4. The minimum absolute atomic E-state index is 0.0156. The van der Waals surface area contributed by atoms with E-state index in [2.05, 4.69) is 21.0 Å². The van der Waals surface area contributed by atoms with Crippen molar-refractivity contribution in [2.75, 3.05) is 0 Å². The smallest absolute Gasteiger partial charge is 0.282 e. The number of aromatic nitrogens is 2. The zero-order valence-corrected chi connectivity index (χ0v) is 22.4. The van der Waals surface area contributed by atoms with Crippen molar-refractivity contribution in [3.8, 4) is 17.3 Å². The van der Waals surface area contributed by atoms with Gasteiger partial charge < -0.3 is 9.15 Å². The van der Waals surface area contributed by atoms with Crippen LogP contribution in [0.1, 0.15) is 25.8 Å². The summed E-state index contributed by atoms with van der Waals surface area (Å²) in [5.41, 5.74) is 1.51. The molecule has 3 aromatic carbocycles. The molecule has 0 unspecified atom stereocenters. The van der Waals surface area contributed by atoms with E-state index >= 15 is 0 Å². The lowest BCUT2D eigenvalue weighted by molar-refractivity contribution is 0.216. The minimum atomic E-state index is -0.327. The first-order chi connectivity index (χ1) is 17.3. The summed E-state index contributed by atoms with van der Waals surface area (Å²) in [5, 5.41) is 6.74. The van der Waals surface area contributed by atoms with Gasteiger partial charge in [-0.1, -0.05) is 42.3 Å². The van der Waals surface area contributed by atoms with Crippen LogP contribution >= 0.6 is 39.1 Å². The van der Waals surface area contributed by atoms with Gasteiger partial charge >= 0.3 is 0 Å². The molecule has 0 amide bonds. The van der Waals surface area contributed by atoms with Crippen LogP contribution in [0.5, 0.6) is 5.75 Å². The van der Waals surface area contributed by atoms with E-state index < -0.39 is 0 Å². The van der Waals surface area contributed by atoms with E-state index in [-0.39, 0.29) is 17.5 Å². The van der Waals surface area contributed by atoms with E-state index in [4.69, 9.17) is 37.3 Å². The lowest BCUT2D eigenvalue weighted by Crippen LogP contribution is -2.20. The van der Waals surface area contributed by atoms with Gasteiger partial charge in [0, 0.05) is 10.4 Å². The maximum Gasteiger partial charge on any atom is 0.282 e. The number of halogens is 3. The van der Waals surface area contributed by atoms with Crippen LogP contribution in [0.15, 0.2) is 79.4 Å². The average Bonchev–Trinajstić information content (AvgIpc) is 3.28. The Bertz CT molecular complexity index is 1670. The van der Waals surface area contributed by atoms with E-state index in [0.717, 1.165) is 11.8 Å². The Hall–Kier alpha value is -3.13. The van der Waals surface area contributed by atoms with Crippen LogP contribution in [0.2, 0.25) is 10.0 Å². The van der Waals surface area contributed by atoms with Gasteiger partial charge in [0.1, 0.15) is 5.58 Å². The Balaban J connectivity index is 1.63. The molecule has 0 saturated heterocycles. The highest BCUT2D eigenvalue weighted by molar-refractivity contribution is 9.10. The van der Waals surface area contributed by atoms with Crippen LogP contribution in [0.25, 0.3) is 33.5 Å². The number of rotatable bonds is 6. The van der Waals surface area contributed by atoms with Crippen LogP contribution in [0.3, 0.4) is 0 Å². The normalized spacial score (nSPS) is 12.6. The van der Waals surface area contributed by atoms with Gasteiger partial charge in [-0.2, -0.15) is 9.78 Å².